The number of ether oxygens (including phenoxy) is 3. The molecule has 13 heteroatoms. The minimum Gasteiger partial charge on any atom is -0.544 e. The number of pyridine rings is 1. The molecule has 10 nitrogen and oxygen atoms in total. The number of likely N-dealkylation sites (tertiary alicyclic amines) is 1. The summed E-state index contributed by atoms with van der Waals surface area (Å²) in [5.74, 6) is -1.36. The van der Waals surface area contributed by atoms with E-state index in [0.717, 1.165) is 21.6 Å². The van der Waals surface area contributed by atoms with E-state index in [9.17, 15) is 19.9 Å². The molecule has 5 rings (SSSR count). The first-order valence-corrected chi connectivity index (χ1v) is 16.0. The summed E-state index contributed by atoms with van der Waals surface area (Å²) in [6, 6.07) is 15.6. The fourth-order valence-electron chi connectivity index (χ4n) is 5.51. The molecule has 0 spiro atoms. The number of nitrogens with one attached hydrogen (secondary N) is 1. The second-order valence-corrected chi connectivity index (χ2v) is 12.9. The van der Waals surface area contributed by atoms with Gasteiger partial charge in [0.2, 0.25) is 12.4 Å². The average Bonchev–Trinajstić information content (AvgIpc) is 3.44. The molecule has 1 fully saturated rings. The van der Waals surface area contributed by atoms with E-state index in [0.29, 0.717) is 46.2 Å². The van der Waals surface area contributed by atoms with Crippen LogP contribution in [0.15, 0.2) is 67.0 Å². The summed E-state index contributed by atoms with van der Waals surface area (Å²) in [6.45, 7) is 1.52. The van der Waals surface area contributed by atoms with Crippen LogP contribution in [0, 0.1) is 0 Å². The molecular weight excluding hydrogens is 653 g/mol. The van der Waals surface area contributed by atoms with Crippen LogP contribution in [0.2, 0.25) is 10.0 Å². The normalized spacial score (nSPS) is 14.7. The second-order valence-electron chi connectivity index (χ2n) is 11.0. The Labute approximate surface area is 280 Å². The van der Waals surface area contributed by atoms with Gasteiger partial charge in [-0.2, -0.15) is 0 Å². The van der Waals surface area contributed by atoms with Crippen molar-refractivity contribution in [3.05, 3.63) is 109 Å². The lowest BCUT2D eigenvalue weighted by Crippen LogP contribution is -2.51. The van der Waals surface area contributed by atoms with E-state index in [-0.39, 0.29) is 34.0 Å². The molecule has 2 N–H and O–H groups in total. The summed E-state index contributed by atoms with van der Waals surface area (Å²) in [5, 5.41) is 26.2. The fraction of sp³-hybridized carbons (Fsp3) is 0.303. The molecule has 0 saturated carbocycles. The molecule has 242 valence electrons. The maximum absolute atomic E-state index is 13.3. The van der Waals surface area contributed by atoms with Crippen molar-refractivity contribution >= 4 is 46.5 Å². The minimum atomic E-state index is -1.34. The number of aromatic nitrogens is 1. The van der Waals surface area contributed by atoms with Gasteiger partial charge in [0.25, 0.3) is 0 Å². The van der Waals surface area contributed by atoms with E-state index in [1.807, 2.05) is 43.4 Å². The van der Waals surface area contributed by atoms with E-state index in [4.69, 9.17) is 37.4 Å². The maximum Gasteiger partial charge on any atom is 0.328 e. The first-order chi connectivity index (χ1) is 22.1. The van der Waals surface area contributed by atoms with Crippen LogP contribution in [0.4, 0.5) is 0 Å². The van der Waals surface area contributed by atoms with Crippen molar-refractivity contribution in [2.75, 3.05) is 34.4 Å². The quantitative estimate of drug-likeness (QED) is 0.122. The molecule has 2 aromatic heterocycles. The number of carbonyl (C=O) groups excluding carboxylic acids is 2. The van der Waals surface area contributed by atoms with E-state index in [1.165, 1.54) is 26.6 Å². The van der Waals surface area contributed by atoms with Crippen molar-refractivity contribution in [1.82, 2.24) is 10.2 Å². The Hall–Kier alpha value is -3.87. The van der Waals surface area contributed by atoms with Gasteiger partial charge in [-0.25, -0.2) is 4.79 Å². The number of nitrogens with zero attached hydrogens (tertiary/aromatic N) is 2. The summed E-state index contributed by atoms with van der Waals surface area (Å²) in [4.78, 5) is 28.6. The van der Waals surface area contributed by atoms with Crippen LogP contribution in [0.3, 0.4) is 0 Å². The number of benzene rings is 2. The van der Waals surface area contributed by atoms with Crippen LogP contribution in [-0.4, -0.2) is 62.5 Å². The highest BCUT2D eigenvalue weighted by Crippen LogP contribution is 2.41. The number of esters is 1. The van der Waals surface area contributed by atoms with Gasteiger partial charge >= 0.3 is 5.97 Å². The number of thiophene rings is 1. The van der Waals surface area contributed by atoms with Crippen LogP contribution in [0.1, 0.15) is 48.8 Å². The monoisotopic (exact) mass is 685 g/mol. The third kappa shape index (κ3) is 7.56. The number of halogens is 2. The zero-order valence-corrected chi connectivity index (χ0v) is 27.7. The Kier molecular flexibility index (Phi) is 10.7. The van der Waals surface area contributed by atoms with Crippen LogP contribution in [0.25, 0.3) is 0 Å². The molecule has 1 aliphatic rings. The van der Waals surface area contributed by atoms with Gasteiger partial charge in [0, 0.05) is 40.7 Å². The molecule has 46 heavy (non-hydrogen) atoms. The molecule has 1 saturated heterocycles. The van der Waals surface area contributed by atoms with Gasteiger partial charge in [0.1, 0.15) is 22.2 Å². The van der Waals surface area contributed by atoms with Crippen molar-refractivity contribution in [1.29, 1.82) is 0 Å². The average molecular weight is 687 g/mol. The predicted molar refractivity (Wildman–Crippen MR) is 171 cm³/mol. The number of hydrogen-bond donors (Lipinski definition) is 2. The summed E-state index contributed by atoms with van der Waals surface area (Å²) in [6.07, 6.45) is 2.62. The number of rotatable bonds is 13. The van der Waals surface area contributed by atoms with Gasteiger partial charge < -0.3 is 24.1 Å². The number of carbonyl (C=O) groups is 2. The van der Waals surface area contributed by atoms with Gasteiger partial charge in [0.15, 0.2) is 11.5 Å². The maximum atomic E-state index is 13.3. The lowest BCUT2D eigenvalue weighted by atomic mass is 9.85. The van der Waals surface area contributed by atoms with Crippen molar-refractivity contribution in [3.8, 4) is 11.5 Å². The van der Waals surface area contributed by atoms with Crippen molar-refractivity contribution in [3.63, 3.8) is 0 Å². The molecule has 0 bridgehead atoms. The molecule has 2 atom stereocenters. The fourth-order valence-corrected chi connectivity index (χ4v) is 7.13. The highest BCUT2D eigenvalue weighted by atomic mass is 35.5. The smallest absolute Gasteiger partial charge is 0.328 e. The molecule has 0 aliphatic carbocycles. The Bertz CT molecular complexity index is 1690. The van der Waals surface area contributed by atoms with E-state index < -0.39 is 23.9 Å². The highest BCUT2D eigenvalue weighted by Gasteiger charge is 2.31. The van der Waals surface area contributed by atoms with Crippen LogP contribution >= 0.6 is 34.5 Å². The van der Waals surface area contributed by atoms with Crippen molar-refractivity contribution < 1.29 is 38.8 Å². The Morgan fingerprint density at radius 2 is 1.72 bits per heavy atom. The molecule has 3 heterocycles. The summed E-state index contributed by atoms with van der Waals surface area (Å²) >= 11 is 14.1. The topological polar surface area (TPSA) is 124 Å². The highest BCUT2D eigenvalue weighted by molar-refractivity contribution is 7.14. The largest absolute Gasteiger partial charge is 0.544 e. The molecule has 0 radical (unpaired) electrons. The lowest BCUT2D eigenvalue weighted by Gasteiger charge is -2.36. The van der Waals surface area contributed by atoms with Gasteiger partial charge in [-0.15, -0.1) is 11.3 Å². The third-order valence-corrected chi connectivity index (χ3v) is 9.60. The number of carboxylic acids is 1. The van der Waals surface area contributed by atoms with Crippen molar-refractivity contribution in [2.45, 2.75) is 31.0 Å². The molecule has 0 amide bonds. The van der Waals surface area contributed by atoms with Crippen LogP contribution in [0.5, 0.6) is 11.5 Å². The van der Waals surface area contributed by atoms with E-state index >= 15 is 0 Å². The SMILES string of the molecule is COc1ccc([C@H](Cc2c(Cl)c[n+](O)cc2Cl)c2cc(CNC(C(=O)OC3CN(C)C3)c3ccccc3)sc2C(=O)[O-])cc1OC. The van der Waals surface area contributed by atoms with Crippen LogP contribution < -0.4 is 24.6 Å². The number of likely N-dealkylation sites (N-methyl/N-ethyl adjacent to an activating group) is 1. The second kappa shape index (κ2) is 14.7. The summed E-state index contributed by atoms with van der Waals surface area (Å²) in [7, 11) is 5.00. The van der Waals surface area contributed by atoms with Gasteiger partial charge in [-0.05, 0) is 48.4 Å². The first-order valence-electron chi connectivity index (χ1n) is 14.4. The first kappa shape index (κ1) is 33.5. The van der Waals surface area contributed by atoms with Gasteiger partial charge in [-0.1, -0.05) is 59.6 Å². The van der Waals surface area contributed by atoms with Gasteiger partial charge in [0.05, 0.1) is 25.1 Å². The molecule has 2 aromatic carbocycles. The molecule has 1 aliphatic heterocycles. The van der Waals surface area contributed by atoms with Gasteiger partial charge in [-0.3, -0.25) is 15.4 Å². The molecule has 4 aromatic rings. The minimum absolute atomic E-state index is 0.0216. The zero-order valence-electron chi connectivity index (χ0n) is 25.4. The Morgan fingerprint density at radius 1 is 1.04 bits per heavy atom. The Morgan fingerprint density at radius 3 is 2.33 bits per heavy atom. The number of hydrogen-bond acceptors (Lipinski definition) is 10. The predicted octanol–water partition coefficient (Wildman–Crippen LogP) is 4.02. The summed E-state index contributed by atoms with van der Waals surface area (Å²) in [5.41, 5.74) is 2.42. The van der Waals surface area contributed by atoms with Crippen molar-refractivity contribution in [2.24, 2.45) is 0 Å². The number of methoxy groups -OCH3 is 2. The standard InChI is InChI=1S/C33H33Cl2N3O7S/c1-37-15-21(16-37)45-33(41)30(19-7-5-4-6-8-19)36-14-22-12-24(31(46-22)32(39)40)23(13-25-26(34)17-38(42)18-27(25)35)20-9-10-28(43-2)29(11-20)44-3/h4-12,17-18,21,23,30,36H,13-16H2,1-3H3,(H-,39,40,42)/t23-,30?/m0/s1. The zero-order chi connectivity index (χ0) is 33.0. The van der Waals surface area contributed by atoms with E-state index in [1.54, 1.807) is 18.2 Å². The molecular formula is C33H33Cl2N3O7S. The molecule has 1 unspecified atom stereocenters. The summed E-state index contributed by atoms with van der Waals surface area (Å²) < 4.78 is 17.5. The van der Waals surface area contributed by atoms with Crippen LogP contribution in [-0.2, 0) is 22.5 Å². The third-order valence-electron chi connectivity index (χ3n) is 7.82. The van der Waals surface area contributed by atoms with E-state index in [2.05, 4.69) is 10.2 Å². The number of aromatic carboxylic acids is 1. The lowest BCUT2D eigenvalue weighted by molar-refractivity contribution is -0.904. The Balaban J connectivity index is 1.51. The number of carboxylic acid groups (broad SMARTS) is 1.